The molecule has 2 aliphatic rings. The lowest BCUT2D eigenvalue weighted by molar-refractivity contribution is -1.14. The van der Waals surface area contributed by atoms with Gasteiger partial charge >= 0.3 is 0 Å². The molecule has 0 atom stereocenters. The summed E-state index contributed by atoms with van der Waals surface area (Å²) in [6.45, 7) is 8.29. The first-order valence-corrected chi connectivity index (χ1v) is 7.57. The van der Waals surface area contributed by atoms with Crippen molar-refractivity contribution in [1.82, 2.24) is 0 Å². The van der Waals surface area contributed by atoms with Crippen LogP contribution in [0, 0.1) is 5.21 Å². The van der Waals surface area contributed by atoms with Crippen molar-refractivity contribution >= 4 is 0 Å². The van der Waals surface area contributed by atoms with Crippen molar-refractivity contribution in [3.05, 3.63) is 5.21 Å². The number of quaternary nitrogens is 1. The molecule has 1 heterocycles. The van der Waals surface area contributed by atoms with Gasteiger partial charge in [0.15, 0.2) is 0 Å². The van der Waals surface area contributed by atoms with Gasteiger partial charge in [-0.05, 0) is 47.0 Å². The Labute approximate surface area is 112 Å². The van der Waals surface area contributed by atoms with E-state index in [1.165, 1.54) is 19.3 Å². The van der Waals surface area contributed by atoms with Crippen LogP contribution in [0.1, 0.15) is 79.1 Å². The predicted molar refractivity (Wildman–Crippen MR) is 73.6 cm³/mol. The van der Waals surface area contributed by atoms with Crippen LogP contribution in [-0.4, -0.2) is 22.0 Å². The van der Waals surface area contributed by atoms with Crippen molar-refractivity contribution in [2.24, 2.45) is 0 Å². The summed E-state index contributed by atoms with van der Waals surface area (Å²) in [5, 5.41) is 13.4. The molecule has 0 spiro atoms. The molecule has 3 heteroatoms. The van der Waals surface area contributed by atoms with Gasteiger partial charge in [-0.1, -0.05) is 19.3 Å². The Morgan fingerprint density at radius 1 is 0.889 bits per heavy atom. The molecular formula is C15H29NO2. The van der Waals surface area contributed by atoms with E-state index in [4.69, 9.17) is 4.84 Å². The van der Waals surface area contributed by atoms with Crippen LogP contribution in [0.5, 0.6) is 0 Å². The third-order valence-corrected chi connectivity index (χ3v) is 5.02. The van der Waals surface area contributed by atoms with Crippen molar-refractivity contribution in [3.63, 3.8) is 0 Å². The topological polar surface area (TPSA) is 32.3 Å². The minimum atomic E-state index is -0.454. The van der Waals surface area contributed by atoms with Gasteiger partial charge in [0.25, 0.3) is 0 Å². The van der Waals surface area contributed by atoms with Gasteiger partial charge in [-0.15, -0.1) is 0 Å². The summed E-state index contributed by atoms with van der Waals surface area (Å²) in [4.78, 5) is 5.68. The lowest BCUT2D eigenvalue weighted by atomic mass is 9.81. The molecule has 1 saturated heterocycles. The van der Waals surface area contributed by atoms with E-state index in [-0.39, 0.29) is 17.2 Å². The minimum absolute atomic E-state index is 0.174. The zero-order valence-electron chi connectivity index (χ0n) is 12.5. The second-order valence-corrected chi connectivity index (χ2v) is 7.40. The van der Waals surface area contributed by atoms with Crippen molar-refractivity contribution in [1.29, 1.82) is 0 Å². The van der Waals surface area contributed by atoms with E-state index in [9.17, 15) is 5.21 Å². The van der Waals surface area contributed by atoms with Crippen molar-refractivity contribution in [3.8, 4) is 0 Å². The summed E-state index contributed by atoms with van der Waals surface area (Å²) < 4.78 is 0. The minimum Gasteiger partial charge on any atom is -0.597 e. The summed E-state index contributed by atoms with van der Waals surface area (Å²) in [7, 11) is 0. The molecule has 0 aromatic carbocycles. The van der Waals surface area contributed by atoms with Gasteiger partial charge < -0.3 is 5.21 Å². The van der Waals surface area contributed by atoms with Gasteiger partial charge in [0.05, 0.1) is 0 Å². The first-order valence-electron chi connectivity index (χ1n) is 7.57. The number of nitrogens with zero attached hydrogens (tertiary/aromatic N) is 1. The molecule has 0 unspecified atom stereocenters. The number of rotatable bonds is 2. The first kappa shape index (κ1) is 14.3. The zero-order valence-corrected chi connectivity index (χ0v) is 12.5. The maximum absolute atomic E-state index is 13.4. The first-order chi connectivity index (χ1) is 8.29. The van der Waals surface area contributed by atoms with Crippen LogP contribution in [0.2, 0.25) is 0 Å². The maximum Gasteiger partial charge on any atom is 0.123 e. The third kappa shape index (κ3) is 2.33. The highest BCUT2D eigenvalue weighted by Crippen LogP contribution is 2.46. The normalized spacial score (nSPS) is 31.2. The summed E-state index contributed by atoms with van der Waals surface area (Å²) in [5.74, 6) is 0. The Morgan fingerprint density at radius 3 is 1.89 bits per heavy atom. The molecule has 106 valence electrons. The molecule has 1 saturated carbocycles. The van der Waals surface area contributed by atoms with E-state index < -0.39 is 4.81 Å². The summed E-state index contributed by atoms with van der Waals surface area (Å²) in [5.41, 5.74) is -0.640. The number of hydrogen-bond donors (Lipinski definition) is 0. The van der Waals surface area contributed by atoms with Crippen LogP contribution in [0.25, 0.3) is 0 Å². The molecule has 0 aromatic heterocycles. The average molecular weight is 255 g/mol. The third-order valence-electron chi connectivity index (χ3n) is 5.02. The average Bonchev–Trinajstić information content (AvgIpc) is 2.27. The molecular weight excluding hydrogens is 226 g/mol. The van der Waals surface area contributed by atoms with E-state index in [0.717, 1.165) is 32.1 Å². The van der Waals surface area contributed by atoms with Gasteiger partial charge in [0.1, 0.15) is 17.2 Å². The highest BCUT2D eigenvalue weighted by atomic mass is 16.9. The molecule has 2 rings (SSSR count). The van der Waals surface area contributed by atoms with Crippen LogP contribution in [0.4, 0.5) is 0 Å². The zero-order chi connectivity index (χ0) is 13.4. The van der Waals surface area contributed by atoms with E-state index >= 15 is 0 Å². The molecule has 2 fully saturated rings. The van der Waals surface area contributed by atoms with E-state index in [0.29, 0.717) is 0 Å². The number of piperidine rings is 1. The van der Waals surface area contributed by atoms with Crippen LogP contribution in [-0.2, 0) is 4.84 Å². The Bertz CT molecular complexity index is 277. The quantitative estimate of drug-likeness (QED) is 0.544. The second-order valence-electron chi connectivity index (χ2n) is 7.40. The van der Waals surface area contributed by atoms with E-state index in [1.54, 1.807) is 0 Å². The maximum atomic E-state index is 13.4. The van der Waals surface area contributed by atoms with Crippen molar-refractivity contribution < 1.29 is 9.65 Å². The fraction of sp³-hybridized carbons (Fsp3) is 1.00. The predicted octanol–water partition coefficient (Wildman–Crippen LogP) is 4.31. The Kier molecular flexibility index (Phi) is 3.79. The van der Waals surface area contributed by atoms with Gasteiger partial charge in [-0.25, -0.2) is 4.81 Å². The molecule has 0 N–H and O–H groups in total. The lowest BCUT2D eigenvalue weighted by Crippen LogP contribution is -2.70. The van der Waals surface area contributed by atoms with Crippen molar-refractivity contribution in [2.45, 2.75) is 96.2 Å². The molecule has 18 heavy (non-hydrogen) atoms. The highest BCUT2D eigenvalue weighted by Gasteiger charge is 2.54. The Balaban J connectivity index is 2.17. The summed E-state index contributed by atoms with van der Waals surface area (Å²) >= 11 is 0. The van der Waals surface area contributed by atoms with E-state index in [1.807, 2.05) is 0 Å². The molecule has 0 aromatic rings. The van der Waals surface area contributed by atoms with Crippen LogP contribution < -0.4 is 0 Å². The molecule has 0 radical (unpaired) electrons. The van der Waals surface area contributed by atoms with Gasteiger partial charge in [-0.3, -0.25) is 0 Å². The van der Waals surface area contributed by atoms with Gasteiger partial charge in [0, 0.05) is 12.8 Å². The lowest BCUT2D eigenvalue weighted by Gasteiger charge is -2.62. The van der Waals surface area contributed by atoms with E-state index in [2.05, 4.69) is 27.7 Å². The smallest absolute Gasteiger partial charge is 0.123 e. The molecule has 1 aliphatic heterocycles. The fourth-order valence-corrected chi connectivity index (χ4v) is 3.73. The van der Waals surface area contributed by atoms with Gasteiger partial charge in [0.2, 0.25) is 0 Å². The number of hydrogen-bond acceptors (Lipinski definition) is 2. The van der Waals surface area contributed by atoms with Crippen molar-refractivity contribution in [2.75, 3.05) is 0 Å². The van der Waals surface area contributed by atoms with Crippen LogP contribution >= 0.6 is 0 Å². The fourth-order valence-electron chi connectivity index (χ4n) is 3.73. The molecule has 1 aliphatic carbocycles. The van der Waals surface area contributed by atoms with Gasteiger partial charge in [-0.2, -0.15) is 4.84 Å². The van der Waals surface area contributed by atoms with Crippen LogP contribution in [0.3, 0.4) is 0 Å². The monoisotopic (exact) mass is 255 g/mol. The van der Waals surface area contributed by atoms with Crippen LogP contribution in [0.15, 0.2) is 0 Å². The summed E-state index contributed by atoms with van der Waals surface area (Å²) in [6, 6.07) is 0. The Hall–Kier alpha value is -0.120. The SMILES string of the molecule is CC1(C)CCCC(C)(C)[N+]1([O-])OC1CCCCC1. The highest BCUT2D eigenvalue weighted by molar-refractivity contribution is 4.84. The standard InChI is InChI=1S/C15H29NO2/c1-14(2)11-8-12-15(3,4)16(14,17)18-13-9-6-5-7-10-13/h13H,5-12H2,1-4H3. The largest absolute Gasteiger partial charge is 0.597 e. The molecule has 0 bridgehead atoms. The second kappa shape index (κ2) is 4.77. The number of hydroxylamine groups is 4. The molecule has 3 nitrogen and oxygen atoms in total. The summed E-state index contributed by atoms with van der Waals surface area (Å²) in [6.07, 6.45) is 9.09. The molecule has 0 amide bonds. The Morgan fingerprint density at radius 2 is 1.39 bits per heavy atom.